The van der Waals surface area contributed by atoms with Gasteiger partial charge in [-0.15, -0.1) is 0 Å². The molecule has 1 atom stereocenters. The highest BCUT2D eigenvalue weighted by atomic mass is 16.6. The van der Waals surface area contributed by atoms with Crippen LogP contribution in [0.5, 0.6) is 0 Å². The van der Waals surface area contributed by atoms with Gasteiger partial charge in [0, 0.05) is 13.0 Å². The largest absolute Gasteiger partial charge is 0.457 e. The molecule has 1 unspecified atom stereocenters. The molecule has 0 bridgehead atoms. The molecule has 0 heterocycles. The van der Waals surface area contributed by atoms with E-state index in [4.69, 9.17) is 9.47 Å². The van der Waals surface area contributed by atoms with E-state index in [-0.39, 0.29) is 19.2 Å². The zero-order valence-corrected chi connectivity index (χ0v) is 31.7. The summed E-state index contributed by atoms with van der Waals surface area (Å²) in [6.45, 7) is 5.22. The van der Waals surface area contributed by atoms with Gasteiger partial charge in [-0.25, -0.2) is 0 Å². The second kappa shape index (κ2) is 41.3. The fourth-order valence-corrected chi connectivity index (χ4v) is 5.59. The Morgan fingerprint density at radius 2 is 0.938 bits per heavy atom. The maximum atomic E-state index is 12.2. The molecule has 0 aromatic rings. The van der Waals surface area contributed by atoms with Crippen molar-refractivity contribution in [3.8, 4) is 0 Å². The Balaban J connectivity index is 3.50. The van der Waals surface area contributed by atoms with Gasteiger partial charge in [0.1, 0.15) is 6.10 Å². The van der Waals surface area contributed by atoms with Gasteiger partial charge >= 0.3 is 5.97 Å². The van der Waals surface area contributed by atoms with Crippen molar-refractivity contribution in [2.45, 2.75) is 193 Å². The summed E-state index contributed by atoms with van der Waals surface area (Å²) in [6, 6.07) is 0. The number of hydrogen-bond donors (Lipinski definition) is 1. The molecule has 278 valence electrons. The topological polar surface area (TPSA) is 55.8 Å². The Kier molecular flexibility index (Phi) is 39.6. The van der Waals surface area contributed by atoms with Gasteiger partial charge in [0.05, 0.1) is 13.2 Å². The molecule has 4 nitrogen and oxygen atoms in total. The Bertz CT molecular complexity index is 794. The lowest BCUT2D eigenvalue weighted by atomic mass is 10.0. The molecular formula is C44H78O4. The number of rotatable bonds is 37. The first kappa shape index (κ1) is 46.1. The molecule has 0 spiro atoms. The van der Waals surface area contributed by atoms with Crippen LogP contribution in [-0.2, 0) is 14.3 Å². The average molecular weight is 671 g/mol. The van der Waals surface area contributed by atoms with Crippen molar-refractivity contribution in [1.29, 1.82) is 0 Å². The summed E-state index contributed by atoms with van der Waals surface area (Å²) >= 11 is 0. The molecule has 0 aromatic heterocycles. The van der Waals surface area contributed by atoms with Gasteiger partial charge < -0.3 is 14.6 Å². The third kappa shape index (κ3) is 38.5. The van der Waals surface area contributed by atoms with Crippen molar-refractivity contribution in [3.05, 3.63) is 60.8 Å². The number of allylic oxidation sites excluding steroid dienone is 10. The van der Waals surface area contributed by atoms with Crippen LogP contribution >= 0.6 is 0 Å². The minimum absolute atomic E-state index is 0.180. The summed E-state index contributed by atoms with van der Waals surface area (Å²) in [6.07, 6.45) is 54.1. The Hall–Kier alpha value is -1.91. The number of carbonyl (C=O) groups excluding carboxylic acids is 1. The number of unbranched alkanes of at least 4 members (excludes halogenated alkanes) is 19. The van der Waals surface area contributed by atoms with Crippen molar-refractivity contribution >= 4 is 5.97 Å². The van der Waals surface area contributed by atoms with Crippen LogP contribution in [0.3, 0.4) is 0 Å². The molecule has 0 saturated carbocycles. The van der Waals surface area contributed by atoms with E-state index < -0.39 is 6.10 Å². The van der Waals surface area contributed by atoms with Crippen molar-refractivity contribution in [2.24, 2.45) is 0 Å². The first-order valence-corrected chi connectivity index (χ1v) is 20.4. The molecular weight excluding hydrogens is 592 g/mol. The molecule has 4 heteroatoms. The molecule has 0 aliphatic heterocycles. The van der Waals surface area contributed by atoms with Gasteiger partial charge in [-0.05, 0) is 57.8 Å². The molecule has 1 N–H and O–H groups in total. The maximum absolute atomic E-state index is 12.2. The van der Waals surface area contributed by atoms with E-state index in [1.54, 1.807) is 0 Å². The SMILES string of the molecule is CC/C=C\C/C=C\C/C=C\C/C=C\C/C=C\CCCCCCCC(=O)OC(CO)COCCCCCCCCCCCCCCCCC. The lowest BCUT2D eigenvalue weighted by Crippen LogP contribution is -2.27. The maximum Gasteiger partial charge on any atom is 0.306 e. The first-order chi connectivity index (χ1) is 23.7. The molecule has 0 aliphatic rings. The third-order valence-electron chi connectivity index (χ3n) is 8.61. The van der Waals surface area contributed by atoms with Gasteiger partial charge in [0.15, 0.2) is 0 Å². The van der Waals surface area contributed by atoms with Gasteiger partial charge in [-0.2, -0.15) is 0 Å². The van der Waals surface area contributed by atoms with Crippen LogP contribution in [0, 0.1) is 0 Å². The number of esters is 1. The Labute approximate surface area is 298 Å². The molecule has 0 aliphatic carbocycles. The molecule has 0 rings (SSSR count). The van der Waals surface area contributed by atoms with Crippen molar-refractivity contribution in [3.63, 3.8) is 0 Å². The number of hydrogen-bond acceptors (Lipinski definition) is 4. The Morgan fingerprint density at radius 1 is 0.521 bits per heavy atom. The van der Waals surface area contributed by atoms with Gasteiger partial charge in [0.2, 0.25) is 0 Å². The van der Waals surface area contributed by atoms with E-state index in [1.807, 2.05) is 0 Å². The molecule has 48 heavy (non-hydrogen) atoms. The first-order valence-electron chi connectivity index (χ1n) is 20.4. The van der Waals surface area contributed by atoms with Crippen LogP contribution in [0.2, 0.25) is 0 Å². The van der Waals surface area contributed by atoms with Crippen LogP contribution in [0.4, 0.5) is 0 Å². The normalized spacial score (nSPS) is 13.0. The van der Waals surface area contributed by atoms with Gasteiger partial charge in [0.25, 0.3) is 0 Å². The Morgan fingerprint density at radius 3 is 1.42 bits per heavy atom. The van der Waals surface area contributed by atoms with Crippen LogP contribution in [0.25, 0.3) is 0 Å². The monoisotopic (exact) mass is 671 g/mol. The molecule has 0 saturated heterocycles. The fraction of sp³-hybridized carbons (Fsp3) is 0.750. The molecule has 0 aromatic carbocycles. The van der Waals surface area contributed by atoms with E-state index in [9.17, 15) is 9.90 Å². The summed E-state index contributed by atoms with van der Waals surface area (Å²) in [4.78, 5) is 12.2. The predicted octanol–water partition coefficient (Wildman–Crippen LogP) is 13.3. The molecule has 0 amide bonds. The lowest BCUT2D eigenvalue weighted by Gasteiger charge is -2.15. The van der Waals surface area contributed by atoms with Crippen LogP contribution in [0.15, 0.2) is 60.8 Å². The van der Waals surface area contributed by atoms with Crippen LogP contribution < -0.4 is 0 Å². The van der Waals surface area contributed by atoms with E-state index in [0.29, 0.717) is 13.0 Å². The third-order valence-corrected chi connectivity index (χ3v) is 8.61. The smallest absolute Gasteiger partial charge is 0.306 e. The van der Waals surface area contributed by atoms with Crippen molar-refractivity contribution in [2.75, 3.05) is 19.8 Å². The van der Waals surface area contributed by atoms with E-state index in [1.165, 1.54) is 103 Å². The quantitative estimate of drug-likeness (QED) is 0.0406. The van der Waals surface area contributed by atoms with E-state index in [2.05, 4.69) is 74.6 Å². The summed E-state index contributed by atoms with van der Waals surface area (Å²) in [5, 5.41) is 9.58. The summed E-state index contributed by atoms with van der Waals surface area (Å²) in [5.74, 6) is -0.219. The summed E-state index contributed by atoms with van der Waals surface area (Å²) < 4.78 is 11.1. The van der Waals surface area contributed by atoms with Crippen LogP contribution in [0.1, 0.15) is 187 Å². The molecule has 0 fully saturated rings. The standard InChI is InChI=1S/C44H78O4/c1-3-5-7-9-11-13-15-17-19-20-21-22-23-24-25-27-29-31-33-35-37-39-44(46)48-43(41-45)42-47-40-38-36-34-32-30-28-26-18-16-14-12-10-8-6-4-2/h5,7,11,13,17,19,21-22,24-25,43,45H,3-4,6,8-10,12,14-16,18,20,23,26-42H2,1-2H3/b7-5-,13-11-,19-17-,22-21-,25-24-. The highest BCUT2D eigenvalue weighted by Gasteiger charge is 2.13. The van der Waals surface area contributed by atoms with E-state index >= 15 is 0 Å². The van der Waals surface area contributed by atoms with Crippen LogP contribution in [-0.4, -0.2) is 37.0 Å². The summed E-state index contributed by atoms with van der Waals surface area (Å²) in [7, 11) is 0. The van der Waals surface area contributed by atoms with Gasteiger partial charge in [-0.1, -0.05) is 184 Å². The fourth-order valence-electron chi connectivity index (χ4n) is 5.59. The average Bonchev–Trinajstić information content (AvgIpc) is 3.09. The van der Waals surface area contributed by atoms with Crippen molar-refractivity contribution < 1.29 is 19.4 Å². The highest BCUT2D eigenvalue weighted by Crippen LogP contribution is 2.14. The number of aliphatic hydroxyl groups is 1. The number of ether oxygens (including phenoxy) is 2. The lowest BCUT2D eigenvalue weighted by molar-refractivity contribution is -0.154. The second-order valence-electron chi connectivity index (χ2n) is 13.3. The zero-order valence-electron chi connectivity index (χ0n) is 31.7. The minimum Gasteiger partial charge on any atom is -0.457 e. The summed E-state index contributed by atoms with van der Waals surface area (Å²) in [5.41, 5.74) is 0. The predicted molar refractivity (Wildman–Crippen MR) is 209 cm³/mol. The van der Waals surface area contributed by atoms with Crippen molar-refractivity contribution in [1.82, 2.24) is 0 Å². The number of aliphatic hydroxyl groups excluding tert-OH is 1. The van der Waals surface area contributed by atoms with Gasteiger partial charge in [-0.3, -0.25) is 4.79 Å². The second-order valence-corrected chi connectivity index (χ2v) is 13.3. The molecule has 0 radical (unpaired) electrons. The van der Waals surface area contributed by atoms with E-state index in [0.717, 1.165) is 64.2 Å². The zero-order chi connectivity index (χ0) is 34.9. The minimum atomic E-state index is -0.544. The number of carbonyl (C=O) groups is 1. The highest BCUT2D eigenvalue weighted by molar-refractivity contribution is 5.69.